The smallest absolute Gasteiger partial charge is 0.164 e. The molecule has 3 aromatic heterocycles. The van der Waals surface area contributed by atoms with E-state index in [0.717, 1.165) is 55.3 Å². The van der Waals surface area contributed by atoms with Crippen molar-refractivity contribution in [3.63, 3.8) is 0 Å². The third-order valence-corrected chi connectivity index (χ3v) is 10.9. The minimum Gasteiger partial charge on any atom is -0.309 e. The lowest BCUT2D eigenvalue weighted by atomic mass is 9.97. The molecule has 5 nitrogen and oxygen atoms in total. The number of para-hydroxylation sites is 3. The molecule has 0 unspecified atom stereocenters. The number of benzene rings is 8. The number of fused-ring (bicyclic) bond motifs is 6. The number of hydrogen-bond donors (Lipinski definition) is 0. The Labute approximate surface area is 327 Å². The Morgan fingerprint density at radius 1 is 0.316 bits per heavy atom. The molecule has 0 radical (unpaired) electrons. The maximum atomic E-state index is 16.0. The van der Waals surface area contributed by atoms with Gasteiger partial charge in [0.05, 0.1) is 22.1 Å². The van der Waals surface area contributed by atoms with Crippen LogP contribution in [0.25, 0.3) is 100 Å². The number of rotatable bonds is 6. The summed E-state index contributed by atoms with van der Waals surface area (Å²) in [7, 11) is 0. The molecule has 0 N–H and O–H groups in total. The first-order valence-corrected chi connectivity index (χ1v) is 19.0. The minimum absolute atomic E-state index is 0.324. The van der Waals surface area contributed by atoms with Crippen LogP contribution in [0.4, 0.5) is 4.39 Å². The van der Waals surface area contributed by atoms with Crippen LogP contribution in [-0.2, 0) is 0 Å². The van der Waals surface area contributed by atoms with Gasteiger partial charge >= 0.3 is 0 Å². The van der Waals surface area contributed by atoms with Gasteiger partial charge < -0.3 is 9.13 Å². The Morgan fingerprint density at radius 2 is 0.754 bits per heavy atom. The van der Waals surface area contributed by atoms with E-state index >= 15 is 4.39 Å². The van der Waals surface area contributed by atoms with Crippen LogP contribution < -0.4 is 0 Å². The molecule has 0 bridgehead atoms. The van der Waals surface area contributed by atoms with E-state index in [1.807, 2.05) is 78.9 Å². The highest BCUT2D eigenvalue weighted by Gasteiger charge is 2.21. The number of nitrogens with zero attached hydrogens (tertiary/aromatic N) is 5. The maximum Gasteiger partial charge on any atom is 0.164 e. The second-order valence-electron chi connectivity index (χ2n) is 14.2. The summed E-state index contributed by atoms with van der Waals surface area (Å²) in [6, 6.07) is 65.2. The summed E-state index contributed by atoms with van der Waals surface area (Å²) < 4.78 is 20.6. The lowest BCUT2D eigenvalue weighted by molar-refractivity contribution is 0.631. The molecular weight excluding hydrogens is 702 g/mol. The molecule has 0 amide bonds. The van der Waals surface area contributed by atoms with E-state index in [0.29, 0.717) is 34.2 Å². The molecule has 57 heavy (non-hydrogen) atoms. The van der Waals surface area contributed by atoms with Gasteiger partial charge in [0.1, 0.15) is 5.82 Å². The SMILES string of the molecule is Fc1ccccc1-c1cc(-n2c3ccccc3c3cc(-n4c5ccccc5c5ccccc54)ccc32)ccc1-c1nc(-c2ccccc2)nc(-c2ccccc2)n1. The van der Waals surface area contributed by atoms with Crippen molar-refractivity contribution in [3.8, 4) is 56.7 Å². The summed E-state index contributed by atoms with van der Waals surface area (Å²) in [5, 5.41) is 4.70. The van der Waals surface area contributed by atoms with Gasteiger partial charge in [-0.2, -0.15) is 0 Å². The van der Waals surface area contributed by atoms with E-state index in [-0.39, 0.29) is 5.82 Å². The standard InChI is InChI=1S/C51H32FN5/c52-44-23-11-7-19-37(44)42-31-35(27-29-41(42)51-54-49(33-15-3-1-4-16-33)53-50(55-51)34-17-5-2-6-18-34)57-47-26-14-10-22-40(47)43-32-36(28-30-48(43)57)56-45-24-12-8-20-38(45)39-21-9-13-25-46(39)56/h1-32H. The molecule has 11 rings (SSSR count). The van der Waals surface area contributed by atoms with Gasteiger partial charge in [-0.3, -0.25) is 0 Å². The average Bonchev–Trinajstić information content (AvgIpc) is 3.79. The van der Waals surface area contributed by atoms with Crippen molar-refractivity contribution in [2.75, 3.05) is 0 Å². The number of halogens is 1. The average molecular weight is 734 g/mol. The highest BCUT2D eigenvalue weighted by atomic mass is 19.1. The monoisotopic (exact) mass is 733 g/mol. The molecule has 0 fully saturated rings. The predicted octanol–water partition coefficient (Wildman–Crippen LogP) is 12.9. The van der Waals surface area contributed by atoms with Crippen LogP contribution in [-0.4, -0.2) is 24.1 Å². The van der Waals surface area contributed by atoms with Gasteiger partial charge in [-0.25, -0.2) is 19.3 Å². The summed E-state index contributed by atoms with van der Waals surface area (Å²) >= 11 is 0. The summed E-state index contributed by atoms with van der Waals surface area (Å²) in [6.45, 7) is 0. The van der Waals surface area contributed by atoms with E-state index in [4.69, 9.17) is 15.0 Å². The van der Waals surface area contributed by atoms with Crippen LogP contribution in [0.15, 0.2) is 194 Å². The van der Waals surface area contributed by atoms with Crippen LogP contribution in [0.2, 0.25) is 0 Å². The Morgan fingerprint density at radius 3 is 1.33 bits per heavy atom. The van der Waals surface area contributed by atoms with E-state index in [1.165, 1.54) is 16.8 Å². The molecule has 0 saturated carbocycles. The molecule has 268 valence electrons. The predicted molar refractivity (Wildman–Crippen MR) is 230 cm³/mol. The summed E-state index contributed by atoms with van der Waals surface area (Å²) in [4.78, 5) is 15.0. The topological polar surface area (TPSA) is 48.5 Å². The molecule has 0 spiro atoms. The van der Waals surface area contributed by atoms with E-state index < -0.39 is 0 Å². The third kappa shape index (κ3) is 5.41. The summed E-state index contributed by atoms with van der Waals surface area (Å²) in [6.07, 6.45) is 0. The zero-order valence-corrected chi connectivity index (χ0v) is 30.6. The Kier molecular flexibility index (Phi) is 7.60. The Balaban J connectivity index is 1.14. The molecule has 3 heterocycles. The maximum absolute atomic E-state index is 16.0. The number of hydrogen-bond acceptors (Lipinski definition) is 3. The molecule has 6 heteroatoms. The van der Waals surface area contributed by atoms with Crippen LogP contribution in [0.3, 0.4) is 0 Å². The van der Waals surface area contributed by atoms with Gasteiger partial charge in [0.15, 0.2) is 17.5 Å². The van der Waals surface area contributed by atoms with Crippen molar-refractivity contribution in [2.45, 2.75) is 0 Å². The van der Waals surface area contributed by atoms with Gasteiger partial charge in [0, 0.05) is 55.2 Å². The molecule has 0 aliphatic heterocycles. The fourth-order valence-electron chi connectivity index (χ4n) is 8.28. The molecule has 0 aliphatic carbocycles. The summed E-state index contributed by atoms with van der Waals surface area (Å²) in [5.74, 6) is 1.23. The molecule has 0 atom stereocenters. The van der Waals surface area contributed by atoms with Crippen LogP contribution in [0.5, 0.6) is 0 Å². The zero-order valence-electron chi connectivity index (χ0n) is 30.6. The van der Waals surface area contributed by atoms with Crippen molar-refractivity contribution in [1.82, 2.24) is 24.1 Å². The quantitative estimate of drug-likeness (QED) is 0.171. The zero-order chi connectivity index (χ0) is 37.9. The lowest BCUT2D eigenvalue weighted by Gasteiger charge is -2.16. The molecule has 11 aromatic rings. The van der Waals surface area contributed by atoms with Crippen molar-refractivity contribution in [3.05, 3.63) is 200 Å². The molecule has 8 aromatic carbocycles. The van der Waals surface area contributed by atoms with Gasteiger partial charge in [-0.05, 0) is 66.2 Å². The highest BCUT2D eigenvalue weighted by molar-refractivity contribution is 6.12. The van der Waals surface area contributed by atoms with Crippen LogP contribution >= 0.6 is 0 Å². The van der Waals surface area contributed by atoms with Gasteiger partial charge in [-0.15, -0.1) is 0 Å². The molecule has 0 saturated heterocycles. The van der Waals surface area contributed by atoms with Gasteiger partial charge in [0.2, 0.25) is 0 Å². The van der Waals surface area contributed by atoms with Crippen molar-refractivity contribution in [1.29, 1.82) is 0 Å². The minimum atomic E-state index is -0.324. The van der Waals surface area contributed by atoms with Gasteiger partial charge in [0.25, 0.3) is 0 Å². The van der Waals surface area contributed by atoms with E-state index in [1.54, 1.807) is 6.07 Å². The lowest BCUT2D eigenvalue weighted by Crippen LogP contribution is -2.02. The third-order valence-electron chi connectivity index (χ3n) is 10.9. The van der Waals surface area contributed by atoms with E-state index in [9.17, 15) is 0 Å². The molecule has 0 aliphatic rings. The normalized spacial score (nSPS) is 11.6. The van der Waals surface area contributed by atoms with Crippen molar-refractivity contribution < 1.29 is 4.39 Å². The van der Waals surface area contributed by atoms with Crippen molar-refractivity contribution in [2.24, 2.45) is 0 Å². The fourth-order valence-corrected chi connectivity index (χ4v) is 8.28. The largest absolute Gasteiger partial charge is 0.309 e. The number of aromatic nitrogens is 5. The summed E-state index contributed by atoms with van der Waals surface area (Å²) in [5.41, 5.74) is 10.00. The van der Waals surface area contributed by atoms with Gasteiger partial charge in [-0.1, -0.05) is 133 Å². The fraction of sp³-hybridized carbons (Fsp3) is 0. The highest BCUT2D eigenvalue weighted by Crippen LogP contribution is 2.40. The first-order valence-electron chi connectivity index (χ1n) is 19.0. The second-order valence-corrected chi connectivity index (χ2v) is 14.2. The van der Waals surface area contributed by atoms with Crippen molar-refractivity contribution >= 4 is 43.6 Å². The van der Waals surface area contributed by atoms with Crippen LogP contribution in [0.1, 0.15) is 0 Å². The Hall–Kier alpha value is -7.70. The van der Waals surface area contributed by atoms with Crippen LogP contribution in [0, 0.1) is 5.82 Å². The Bertz CT molecular complexity index is 3200. The second kappa shape index (κ2) is 13.3. The first-order chi connectivity index (χ1) is 28.2. The van der Waals surface area contributed by atoms with E-state index in [2.05, 4.69) is 112 Å². The first kappa shape index (κ1) is 32.7. The molecular formula is C51H32FN5.